The predicted molar refractivity (Wildman–Crippen MR) is 77.1 cm³/mol. The minimum Gasteiger partial charge on any atom is -0.508 e. The highest BCUT2D eigenvalue weighted by atomic mass is 19.1. The lowest BCUT2D eigenvalue weighted by Crippen LogP contribution is -2.04. The van der Waals surface area contributed by atoms with E-state index in [1.807, 2.05) is 6.07 Å². The lowest BCUT2D eigenvalue weighted by molar-refractivity contribution is 0.476. The van der Waals surface area contributed by atoms with Crippen LogP contribution in [0, 0.1) is 11.6 Å². The van der Waals surface area contributed by atoms with Crippen molar-refractivity contribution in [2.45, 2.75) is 6.54 Å². The molecule has 3 aromatic rings. The number of phenolic OH excluding ortho intramolecular Hbond substituents is 1. The predicted octanol–water partition coefficient (Wildman–Crippen LogP) is 3.83. The Morgan fingerprint density at radius 1 is 1.05 bits per heavy atom. The van der Waals surface area contributed by atoms with Gasteiger partial charge in [0, 0.05) is 29.8 Å². The Bertz CT molecular complexity index is 805. The van der Waals surface area contributed by atoms with E-state index in [0.717, 1.165) is 16.8 Å². The Balaban J connectivity index is 1.90. The summed E-state index contributed by atoms with van der Waals surface area (Å²) in [5.41, 5.74) is 0.343. The zero-order chi connectivity index (χ0) is 14.8. The molecular formula is C16H12F2N2O. The normalized spacial score (nSPS) is 10.8. The van der Waals surface area contributed by atoms with Crippen LogP contribution < -0.4 is 5.32 Å². The van der Waals surface area contributed by atoms with E-state index in [2.05, 4.69) is 10.3 Å². The van der Waals surface area contributed by atoms with Crippen molar-refractivity contribution >= 4 is 16.6 Å². The molecule has 0 amide bonds. The molecule has 3 nitrogen and oxygen atoms in total. The van der Waals surface area contributed by atoms with Crippen LogP contribution in [0.5, 0.6) is 5.75 Å². The standard InChI is InChI=1S/C16H12F2N2O/c17-12-3-1-11(15(18)7-12)9-20-16-14-8-13(21)4-2-10(14)5-6-19-16/h1-8,21H,9H2,(H,19,20). The molecule has 0 saturated carbocycles. The first kappa shape index (κ1) is 13.3. The molecule has 1 heterocycles. The van der Waals surface area contributed by atoms with Gasteiger partial charge in [-0.1, -0.05) is 12.1 Å². The maximum absolute atomic E-state index is 13.6. The van der Waals surface area contributed by atoms with Crippen LogP contribution in [0.2, 0.25) is 0 Å². The van der Waals surface area contributed by atoms with E-state index in [9.17, 15) is 13.9 Å². The lowest BCUT2D eigenvalue weighted by atomic mass is 10.1. The molecule has 0 aliphatic heterocycles. The van der Waals surface area contributed by atoms with Gasteiger partial charge in [-0.2, -0.15) is 0 Å². The molecule has 106 valence electrons. The number of phenols is 1. The van der Waals surface area contributed by atoms with Gasteiger partial charge in [-0.05, 0) is 29.7 Å². The summed E-state index contributed by atoms with van der Waals surface area (Å²) in [5.74, 6) is -0.548. The van der Waals surface area contributed by atoms with Gasteiger partial charge < -0.3 is 10.4 Å². The number of hydrogen-bond donors (Lipinski definition) is 2. The fraction of sp³-hybridized carbons (Fsp3) is 0.0625. The number of hydrogen-bond acceptors (Lipinski definition) is 3. The van der Waals surface area contributed by atoms with Crippen molar-refractivity contribution in [2.24, 2.45) is 0 Å². The molecule has 2 N–H and O–H groups in total. The zero-order valence-electron chi connectivity index (χ0n) is 11.0. The highest BCUT2D eigenvalue weighted by molar-refractivity contribution is 5.92. The molecule has 0 saturated heterocycles. The van der Waals surface area contributed by atoms with E-state index < -0.39 is 11.6 Å². The number of fused-ring (bicyclic) bond motifs is 1. The third-order valence-corrected chi connectivity index (χ3v) is 3.21. The number of halogens is 2. The minimum absolute atomic E-state index is 0.131. The molecular weight excluding hydrogens is 274 g/mol. The van der Waals surface area contributed by atoms with Crippen molar-refractivity contribution in [3.8, 4) is 5.75 Å². The Morgan fingerprint density at radius 3 is 2.71 bits per heavy atom. The van der Waals surface area contributed by atoms with Crippen LogP contribution in [-0.4, -0.2) is 10.1 Å². The number of anilines is 1. The molecule has 1 aromatic heterocycles. The zero-order valence-corrected chi connectivity index (χ0v) is 11.0. The molecule has 0 atom stereocenters. The van der Waals surface area contributed by atoms with Crippen LogP contribution in [0.3, 0.4) is 0 Å². The topological polar surface area (TPSA) is 45.2 Å². The first-order chi connectivity index (χ1) is 10.1. The minimum atomic E-state index is -0.607. The van der Waals surface area contributed by atoms with Crippen LogP contribution in [0.25, 0.3) is 10.8 Å². The summed E-state index contributed by atoms with van der Waals surface area (Å²) in [5, 5.41) is 14.2. The van der Waals surface area contributed by atoms with Gasteiger partial charge >= 0.3 is 0 Å². The van der Waals surface area contributed by atoms with E-state index >= 15 is 0 Å². The van der Waals surface area contributed by atoms with Crippen LogP contribution in [0.1, 0.15) is 5.56 Å². The Morgan fingerprint density at radius 2 is 1.90 bits per heavy atom. The molecule has 2 aromatic carbocycles. The highest BCUT2D eigenvalue weighted by Gasteiger charge is 2.06. The molecule has 0 aliphatic rings. The van der Waals surface area contributed by atoms with Crippen molar-refractivity contribution in [3.63, 3.8) is 0 Å². The first-order valence-corrected chi connectivity index (χ1v) is 6.39. The Kier molecular flexibility index (Phi) is 3.39. The van der Waals surface area contributed by atoms with Crippen molar-refractivity contribution in [3.05, 3.63) is 65.9 Å². The van der Waals surface area contributed by atoms with Crippen LogP contribution >= 0.6 is 0 Å². The number of pyridine rings is 1. The Labute approximate surface area is 119 Å². The summed E-state index contributed by atoms with van der Waals surface area (Å²) in [6.07, 6.45) is 1.63. The second-order valence-electron chi connectivity index (χ2n) is 4.65. The maximum atomic E-state index is 13.6. The summed E-state index contributed by atoms with van der Waals surface area (Å²) in [6.45, 7) is 0.174. The lowest BCUT2D eigenvalue weighted by Gasteiger charge is -2.10. The summed E-state index contributed by atoms with van der Waals surface area (Å²) in [4.78, 5) is 4.19. The first-order valence-electron chi connectivity index (χ1n) is 6.39. The average Bonchev–Trinajstić information content (AvgIpc) is 2.46. The number of aromatic hydroxyl groups is 1. The fourth-order valence-electron chi connectivity index (χ4n) is 2.14. The van der Waals surface area contributed by atoms with Gasteiger partial charge in [0.2, 0.25) is 0 Å². The molecule has 0 aliphatic carbocycles. The van der Waals surface area contributed by atoms with E-state index in [-0.39, 0.29) is 12.3 Å². The Hall–Kier alpha value is -2.69. The molecule has 0 radical (unpaired) electrons. The van der Waals surface area contributed by atoms with Crippen molar-refractivity contribution < 1.29 is 13.9 Å². The van der Waals surface area contributed by atoms with E-state index in [0.29, 0.717) is 11.4 Å². The summed E-state index contributed by atoms with van der Waals surface area (Å²) in [6, 6.07) is 10.2. The van der Waals surface area contributed by atoms with Crippen LogP contribution in [0.4, 0.5) is 14.6 Å². The number of benzene rings is 2. The molecule has 21 heavy (non-hydrogen) atoms. The van der Waals surface area contributed by atoms with Crippen molar-refractivity contribution in [2.75, 3.05) is 5.32 Å². The number of aromatic nitrogens is 1. The van der Waals surface area contributed by atoms with E-state index in [4.69, 9.17) is 0 Å². The van der Waals surface area contributed by atoms with Gasteiger partial charge in [-0.15, -0.1) is 0 Å². The SMILES string of the molecule is Oc1ccc2ccnc(NCc3ccc(F)cc3F)c2c1. The van der Waals surface area contributed by atoms with Crippen molar-refractivity contribution in [1.82, 2.24) is 4.98 Å². The molecule has 0 unspecified atom stereocenters. The molecule has 0 bridgehead atoms. The second kappa shape index (κ2) is 5.36. The number of nitrogens with zero attached hydrogens (tertiary/aromatic N) is 1. The summed E-state index contributed by atoms with van der Waals surface area (Å²) < 4.78 is 26.5. The summed E-state index contributed by atoms with van der Waals surface area (Å²) >= 11 is 0. The molecule has 3 rings (SSSR count). The van der Waals surface area contributed by atoms with Crippen LogP contribution in [0.15, 0.2) is 48.7 Å². The van der Waals surface area contributed by atoms with Crippen LogP contribution in [-0.2, 0) is 6.54 Å². The molecule has 0 fully saturated rings. The van der Waals surface area contributed by atoms with Gasteiger partial charge in [0.15, 0.2) is 0 Å². The third-order valence-electron chi connectivity index (χ3n) is 3.21. The monoisotopic (exact) mass is 286 g/mol. The number of nitrogens with one attached hydrogen (secondary N) is 1. The molecule has 5 heteroatoms. The van der Waals surface area contributed by atoms with Gasteiger partial charge in [-0.25, -0.2) is 13.8 Å². The highest BCUT2D eigenvalue weighted by Crippen LogP contribution is 2.25. The van der Waals surface area contributed by atoms with Gasteiger partial charge in [0.1, 0.15) is 23.2 Å². The van der Waals surface area contributed by atoms with Gasteiger partial charge in [0.05, 0.1) is 0 Å². The second-order valence-corrected chi connectivity index (χ2v) is 4.65. The molecule has 0 spiro atoms. The smallest absolute Gasteiger partial charge is 0.134 e. The van der Waals surface area contributed by atoms with E-state index in [1.54, 1.807) is 24.4 Å². The average molecular weight is 286 g/mol. The maximum Gasteiger partial charge on any atom is 0.134 e. The van der Waals surface area contributed by atoms with Gasteiger partial charge in [0.25, 0.3) is 0 Å². The fourth-order valence-corrected chi connectivity index (χ4v) is 2.14. The van der Waals surface area contributed by atoms with Gasteiger partial charge in [-0.3, -0.25) is 0 Å². The number of rotatable bonds is 3. The van der Waals surface area contributed by atoms with Crippen molar-refractivity contribution in [1.29, 1.82) is 0 Å². The van der Waals surface area contributed by atoms with E-state index in [1.165, 1.54) is 12.1 Å². The largest absolute Gasteiger partial charge is 0.508 e. The quantitative estimate of drug-likeness (QED) is 0.769. The third kappa shape index (κ3) is 2.76. The summed E-state index contributed by atoms with van der Waals surface area (Å²) in [7, 11) is 0.